The Balaban J connectivity index is 1.59. The van der Waals surface area contributed by atoms with Crippen molar-refractivity contribution in [2.45, 2.75) is 50.0 Å². The summed E-state index contributed by atoms with van der Waals surface area (Å²) in [5.74, 6) is -1.06. The molecule has 0 bridgehead atoms. The number of sulfonamides is 1. The van der Waals surface area contributed by atoms with Crippen LogP contribution in [-0.2, 0) is 10.0 Å². The van der Waals surface area contributed by atoms with Gasteiger partial charge in [0, 0.05) is 30.3 Å². The van der Waals surface area contributed by atoms with Gasteiger partial charge >= 0.3 is 0 Å². The van der Waals surface area contributed by atoms with Crippen molar-refractivity contribution in [1.82, 2.24) is 15.0 Å². The molecule has 0 amide bonds. The molecule has 1 fully saturated rings. The zero-order valence-corrected chi connectivity index (χ0v) is 23.1. The molecule has 1 aliphatic carbocycles. The van der Waals surface area contributed by atoms with Crippen molar-refractivity contribution in [1.29, 1.82) is 0 Å². The molecule has 0 aliphatic heterocycles. The van der Waals surface area contributed by atoms with Gasteiger partial charge in [-0.1, -0.05) is 6.42 Å². The topological polar surface area (TPSA) is 115 Å². The molecule has 0 radical (unpaired) electrons. The van der Waals surface area contributed by atoms with Gasteiger partial charge in [-0.3, -0.25) is 4.72 Å². The fourth-order valence-corrected chi connectivity index (χ4v) is 5.93. The van der Waals surface area contributed by atoms with E-state index in [-0.39, 0.29) is 17.7 Å². The number of pyridine rings is 1. The van der Waals surface area contributed by atoms with Crippen LogP contribution < -0.4 is 19.5 Å². The fourth-order valence-electron chi connectivity index (χ4n) is 4.82. The third-order valence-electron chi connectivity index (χ3n) is 6.83. The number of aryl methyl sites for hydroxylation is 1. The first-order valence-corrected chi connectivity index (χ1v) is 14.4. The van der Waals surface area contributed by atoms with Crippen molar-refractivity contribution in [3.05, 3.63) is 59.9 Å². The van der Waals surface area contributed by atoms with Crippen molar-refractivity contribution >= 4 is 32.6 Å². The third kappa shape index (κ3) is 5.62. The lowest BCUT2D eigenvalue weighted by Crippen LogP contribution is -2.20. The number of fused-ring (bicyclic) bond motifs is 1. The molecule has 1 saturated carbocycles. The van der Waals surface area contributed by atoms with Crippen LogP contribution in [0.4, 0.5) is 20.4 Å². The third-order valence-corrected chi connectivity index (χ3v) is 8.23. The molecule has 0 atom stereocenters. The lowest BCUT2D eigenvalue weighted by molar-refractivity contribution is 0.157. The molecular weight excluding hydrogens is 540 g/mol. The Morgan fingerprint density at radius 3 is 2.48 bits per heavy atom. The molecule has 1 aliphatic rings. The Morgan fingerprint density at radius 2 is 1.77 bits per heavy atom. The molecule has 5 rings (SSSR count). The van der Waals surface area contributed by atoms with Gasteiger partial charge in [-0.15, -0.1) is 0 Å². The fraction of sp³-hybridized carbons (Fsp3) is 0.321. The second kappa shape index (κ2) is 11.2. The van der Waals surface area contributed by atoms with E-state index in [1.807, 2.05) is 19.1 Å². The first-order valence-electron chi connectivity index (χ1n) is 12.9. The molecule has 210 valence electrons. The number of nitrogens with zero attached hydrogens (tertiary/aromatic N) is 3. The number of hydrogen-bond donors (Lipinski definition) is 2. The van der Waals surface area contributed by atoms with E-state index >= 15 is 0 Å². The van der Waals surface area contributed by atoms with Crippen molar-refractivity contribution in [3.63, 3.8) is 0 Å². The minimum atomic E-state index is -4.43. The highest BCUT2D eigenvalue weighted by atomic mass is 32.2. The predicted molar refractivity (Wildman–Crippen MR) is 148 cm³/mol. The van der Waals surface area contributed by atoms with Crippen molar-refractivity contribution in [3.8, 4) is 22.8 Å². The summed E-state index contributed by atoms with van der Waals surface area (Å²) >= 11 is 0. The molecule has 40 heavy (non-hydrogen) atoms. The van der Waals surface area contributed by atoms with Gasteiger partial charge in [0.25, 0.3) is 10.0 Å². The van der Waals surface area contributed by atoms with E-state index in [1.54, 1.807) is 13.2 Å². The van der Waals surface area contributed by atoms with Gasteiger partial charge in [0.05, 0.1) is 18.9 Å². The van der Waals surface area contributed by atoms with Gasteiger partial charge in [-0.25, -0.2) is 32.2 Å². The Bertz CT molecular complexity index is 1680. The SMILES string of the molecule is CNc1nc(C)c2cc(-c3cnc(OC)c(NS(=O)(=O)c4ccc(F)cc4F)c3)cc(OC3CCCCC3)c2n1. The lowest BCUT2D eigenvalue weighted by atomic mass is 9.97. The van der Waals surface area contributed by atoms with E-state index in [2.05, 4.69) is 25.0 Å². The maximum Gasteiger partial charge on any atom is 0.264 e. The van der Waals surface area contributed by atoms with Gasteiger partial charge in [0.2, 0.25) is 11.8 Å². The highest BCUT2D eigenvalue weighted by molar-refractivity contribution is 7.92. The van der Waals surface area contributed by atoms with E-state index in [4.69, 9.17) is 9.47 Å². The molecule has 2 aromatic carbocycles. The minimum Gasteiger partial charge on any atom is -0.488 e. The van der Waals surface area contributed by atoms with Gasteiger partial charge in [-0.2, -0.15) is 0 Å². The van der Waals surface area contributed by atoms with E-state index in [1.165, 1.54) is 19.6 Å². The van der Waals surface area contributed by atoms with E-state index in [0.717, 1.165) is 48.9 Å². The summed E-state index contributed by atoms with van der Waals surface area (Å²) in [6.07, 6.45) is 6.87. The average Bonchev–Trinajstić information content (AvgIpc) is 2.93. The summed E-state index contributed by atoms with van der Waals surface area (Å²) in [5.41, 5.74) is 2.62. The average molecular weight is 570 g/mol. The molecule has 12 heteroatoms. The number of benzene rings is 2. The summed E-state index contributed by atoms with van der Waals surface area (Å²) in [5, 5.41) is 3.76. The Kier molecular flexibility index (Phi) is 7.70. The maximum absolute atomic E-state index is 14.3. The first kappa shape index (κ1) is 27.5. The first-order chi connectivity index (χ1) is 19.2. The summed E-state index contributed by atoms with van der Waals surface area (Å²) in [7, 11) is -1.34. The summed E-state index contributed by atoms with van der Waals surface area (Å²) in [6, 6.07) is 7.51. The van der Waals surface area contributed by atoms with Crippen molar-refractivity contribution in [2.75, 3.05) is 24.2 Å². The molecule has 0 spiro atoms. The molecule has 2 N–H and O–H groups in total. The highest BCUT2D eigenvalue weighted by Gasteiger charge is 2.23. The highest BCUT2D eigenvalue weighted by Crippen LogP contribution is 2.37. The van der Waals surface area contributed by atoms with Gasteiger partial charge in [0.15, 0.2) is 0 Å². The Hall–Kier alpha value is -4.06. The van der Waals surface area contributed by atoms with Gasteiger partial charge in [-0.05, 0) is 68.5 Å². The molecule has 4 aromatic rings. The van der Waals surface area contributed by atoms with E-state index in [9.17, 15) is 17.2 Å². The zero-order valence-electron chi connectivity index (χ0n) is 22.3. The van der Waals surface area contributed by atoms with Crippen LogP contribution in [0.25, 0.3) is 22.0 Å². The smallest absolute Gasteiger partial charge is 0.264 e. The van der Waals surface area contributed by atoms with Crippen LogP contribution in [-0.4, -0.2) is 43.6 Å². The lowest BCUT2D eigenvalue weighted by Gasteiger charge is -2.24. The van der Waals surface area contributed by atoms with Gasteiger partial charge in [0.1, 0.15) is 33.5 Å². The predicted octanol–water partition coefficient (Wildman–Crippen LogP) is 5.84. The van der Waals surface area contributed by atoms with Crippen LogP contribution in [0.3, 0.4) is 0 Å². The van der Waals surface area contributed by atoms with Crippen LogP contribution in [0, 0.1) is 18.6 Å². The van der Waals surface area contributed by atoms with Crippen LogP contribution in [0.2, 0.25) is 0 Å². The number of anilines is 2. The Labute approximate surface area is 231 Å². The second-order valence-electron chi connectivity index (χ2n) is 9.59. The number of nitrogens with one attached hydrogen (secondary N) is 2. The van der Waals surface area contributed by atoms with Crippen LogP contribution in [0.1, 0.15) is 37.8 Å². The number of rotatable bonds is 8. The van der Waals surface area contributed by atoms with E-state index < -0.39 is 26.6 Å². The van der Waals surface area contributed by atoms with Crippen molar-refractivity contribution in [2.24, 2.45) is 0 Å². The summed E-state index contributed by atoms with van der Waals surface area (Å²) in [4.78, 5) is 12.7. The monoisotopic (exact) mass is 569 g/mol. The zero-order chi connectivity index (χ0) is 28.4. The number of aromatic nitrogens is 3. The van der Waals surface area contributed by atoms with Crippen LogP contribution >= 0.6 is 0 Å². The standard InChI is InChI=1S/C28H29F2N5O4S/c1-16-21-11-17(13-24(26(21)34-28(31-2)33-16)39-20-7-5-4-6-8-20)18-12-23(27(38-3)32-15-18)35-40(36,37)25-10-9-19(29)14-22(25)30/h9-15,20,35H,4-8H2,1-3H3,(H,31,33,34). The molecule has 2 aromatic heterocycles. The maximum atomic E-state index is 14.3. The largest absolute Gasteiger partial charge is 0.488 e. The quantitative estimate of drug-likeness (QED) is 0.272. The molecule has 2 heterocycles. The Morgan fingerprint density at radius 1 is 1.00 bits per heavy atom. The normalized spacial score (nSPS) is 14.2. The number of ether oxygens (including phenoxy) is 2. The van der Waals surface area contributed by atoms with Crippen LogP contribution in [0.15, 0.2) is 47.5 Å². The second-order valence-corrected chi connectivity index (χ2v) is 11.2. The number of hydrogen-bond acceptors (Lipinski definition) is 8. The number of halogens is 2. The molecule has 0 unspecified atom stereocenters. The molecular formula is C28H29F2N5O4S. The minimum absolute atomic E-state index is 0.0166. The van der Waals surface area contributed by atoms with Crippen molar-refractivity contribution < 1.29 is 26.7 Å². The number of methoxy groups -OCH3 is 1. The summed E-state index contributed by atoms with van der Waals surface area (Å²) in [6.45, 7) is 1.88. The van der Waals surface area contributed by atoms with Gasteiger partial charge < -0.3 is 14.8 Å². The van der Waals surface area contributed by atoms with E-state index in [0.29, 0.717) is 34.4 Å². The molecule has 9 nitrogen and oxygen atoms in total. The van der Waals surface area contributed by atoms with Crippen LogP contribution in [0.5, 0.6) is 11.6 Å². The molecule has 0 saturated heterocycles. The summed E-state index contributed by atoms with van der Waals surface area (Å²) < 4.78 is 67.8.